The van der Waals surface area contributed by atoms with E-state index in [1.54, 1.807) is 17.2 Å². The molecule has 0 spiro atoms. The van der Waals surface area contributed by atoms with Gasteiger partial charge in [-0.05, 0) is 31.9 Å². The average molecular weight is 332 g/mol. The van der Waals surface area contributed by atoms with Gasteiger partial charge in [-0.25, -0.2) is 9.97 Å². The average Bonchev–Trinajstić information content (AvgIpc) is 2.60. The van der Waals surface area contributed by atoms with Gasteiger partial charge in [0, 0.05) is 31.2 Å². The predicted molar refractivity (Wildman–Crippen MR) is 87.7 cm³/mol. The van der Waals surface area contributed by atoms with Crippen molar-refractivity contribution in [3.8, 4) is 0 Å². The maximum atomic E-state index is 12.8. The second-order valence-electron chi connectivity index (χ2n) is 7.04. The Kier molecular flexibility index (Phi) is 4.54. The van der Waals surface area contributed by atoms with Gasteiger partial charge in [0.05, 0.1) is 0 Å². The molecule has 2 N–H and O–H groups in total. The fraction of sp³-hybridized carbons (Fsp3) is 0.647. The molecule has 0 radical (unpaired) electrons. The van der Waals surface area contributed by atoms with E-state index in [1.807, 2.05) is 13.8 Å². The number of carboxylic acid groups (broad SMARTS) is 1. The number of rotatable bonds is 3. The summed E-state index contributed by atoms with van der Waals surface area (Å²) >= 11 is 0. The number of nitrogens with zero attached hydrogens (tertiary/aromatic N) is 3. The Morgan fingerprint density at radius 2 is 2.25 bits per heavy atom. The molecule has 7 heteroatoms. The Morgan fingerprint density at radius 3 is 2.96 bits per heavy atom. The molecule has 130 valence electrons. The van der Waals surface area contributed by atoms with Crippen molar-refractivity contribution in [1.29, 1.82) is 0 Å². The van der Waals surface area contributed by atoms with Gasteiger partial charge in [0.1, 0.15) is 16.9 Å². The Balaban J connectivity index is 1.83. The Bertz CT molecular complexity index is 648. The normalized spacial score (nSPS) is 27.0. The van der Waals surface area contributed by atoms with Crippen LogP contribution in [0.25, 0.3) is 0 Å². The molecular weight excluding hydrogens is 308 g/mol. The van der Waals surface area contributed by atoms with Crippen molar-refractivity contribution in [1.82, 2.24) is 20.2 Å². The number of hydrogen-bond donors (Lipinski definition) is 2. The highest BCUT2D eigenvalue weighted by molar-refractivity contribution is 5.93. The first-order valence-electron chi connectivity index (χ1n) is 8.53. The summed E-state index contributed by atoms with van der Waals surface area (Å²) in [5, 5.41) is 13.1. The number of likely N-dealkylation sites (tertiary alicyclic amines) is 1. The number of piperidine rings is 2. The lowest BCUT2D eigenvalue weighted by Gasteiger charge is -2.48. The van der Waals surface area contributed by atoms with Crippen molar-refractivity contribution in [2.75, 3.05) is 19.6 Å². The monoisotopic (exact) mass is 332 g/mol. The smallest absolute Gasteiger partial charge is 0.313 e. The number of nitrogens with one attached hydrogen (secondary N) is 1. The Labute approximate surface area is 141 Å². The van der Waals surface area contributed by atoms with Gasteiger partial charge in [-0.15, -0.1) is 0 Å². The number of hydrogen-bond acceptors (Lipinski definition) is 5. The van der Waals surface area contributed by atoms with E-state index >= 15 is 0 Å². The van der Waals surface area contributed by atoms with Gasteiger partial charge < -0.3 is 15.3 Å². The molecule has 3 heterocycles. The fourth-order valence-corrected chi connectivity index (χ4v) is 3.75. The number of aliphatic carboxylic acids is 1. The summed E-state index contributed by atoms with van der Waals surface area (Å²) in [6, 6.07) is 1.54. The lowest BCUT2D eigenvalue weighted by molar-refractivity contribution is -0.156. The van der Waals surface area contributed by atoms with Gasteiger partial charge in [0.25, 0.3) is 5.91 Å². The van der Waals surface area contributed by atoms with Gasteiger partial charge in [0.15, 0.2) is 0 Å². The summed E-state index contributed by atoms with van der Waals surface area (Å²) in [6.07, 6.45) is 3.66. The molecule has 2 saturated heterocycles. The lowest BCUT2D eigenvalue weighted by atomic mass is 9.70. The largest absolute Gasteiger partial charge is 0.481 e. The third-order valence-corrected chi connectivity index (χ3v) is 5.14. The minimum atomic E-state index is -0.889. The van der Waals surface area contributed by atoms with E-state index in [-0.39, 0.29) is 24.4 Å². The lowest BCUT2D eigenvalue weighted by Crippen LogP contribution is -2.63. The maximum Gasteiger partial charge on any atom is 0.313 e. The van der Waals surface area contributed by atoms with Crippen LogP contribution in [0.4, 0.5) is 0 Å². The summed E-state index contributed by atoms with van der Waals surface area (Å²) in [7, 11) is 0. The van der Waals surface area contributed by atoms with Crippen molar-refractivity contribution in [2.24, 2.45) is 5.41 Å². The van der Waals surface area contributed by atoms with E-state index in [2.05, 4.69) is 15.3 Å². The molecule has 2 aliphatic rings. The summed E-state index contributed by atoms with van der Waals surface area (Å²) in [5.74, 6) is -0.258. The molecule has 1 aromatic heterocycles. The van der Waals surface area contributed by atoms with Crippen molar-refractivity contribution < 1.29 is 14.7 Å². The first-order valence-corrected chi connectivity index (χ1v) is 8.53. The van der Waals surface area contributed by atoms with Crippen molar-refractivity contribution in [3.05, 3.63) is 23.8 Å². The fourth-order valence-electron chi connectivity index (χ4n) is 3.75. The van der Waals surface area contributed by atoms with Crippen LogP contribution >= 0.6 is 0 Å². The summed E-state index contributed by atoms with van der Waals surface area (Å²) < 4.78 is 0. The van der Waals surface area contributed by atoms with Crippen molar-refractivity contribution >= 4 is 11.9 Å². The van der Waals surface area contributed by atoms with E-state index in [1.165, 1.54) is 0 Å². The molecule has 2 fully saturated rings. The molecule has 0 aromatic carbocycles. The zero-order valence-corrected chi connectivity index (χ0v) is 14.2. The molecule has 24 heavy (non-hydrogen) atoms. The van der Waals surface area contributed by atoms with Crippen LogP contribution in [-0.4, -0.2) is 57.5 Å². The van der Waals surface area contributed by atoms with Crippen LogP contribution in [0.3, 0.4) is 0 Å². The summed E-state index contributed by atoms with van der Waals surface area (Å²) in [4.78, 5) is 35.0. The highest BCUT2D eigenvalue weighted by atomic mass is 16.4. The van der Waals surface area contributed by atoms with Crippen molar-refractivity contribution in [2.45, 2.75) is 45.1 Å². The van der Waals surface area contributed by atoms with E-state index in [9.17, 15) is 14.7 Å². The number of amides is 1. The molecule has 1 amide bonds. The quantitative estimate of drug-likeness (QED) is 0.865. The molecule has 7 nitrogen and oxygen atoms in total. The number of carbonyl (C=O) groups is 2. The zero-order chi connectivity index (χ0) is 17.3. The van der Waals surface area contributed by atoms with E-state index < -0.39 is 11.4 Å². The molecular formula is C17H24N4O3. The highest BCUT2D eigenvalue weighted by Gasteiger charge is 2.51. The zero-order valence-electron chi connectivity index (χ0n) is 14.2. The third-order valence-electron chi connectivity index (χ3n) is 5.14. The van der Waals surface area contributed by atoms with Crippen LogP contribution in [0, 0.1) is 5.41 Å². The predicted octanol–water partition coefficient (Wildman–Crippen LogP) is 1.27. The van der Waals surface area contributed by atoms with Crippen LogP contribution < -0.4 is 5.32 Å². The molecule has 0 saturated carbocycles. The van der Waals surface area contributed by atoms with Crippen molar-refractivity contribution in [3.63, 3.8) is 0 Å². The number of carbonyl (C=O) groups excluding carboxylic acids is 1. The second-order valence-corrected chi connectivity index (χ2v) is 7.04. The topological polar surface area (TPSA) is 95.4 Å². The van der Waals surface area contributed by atoms with E-state index in [0.29, 0.717) is 30.9 Å². The van der Waals surface area contributed by atoms with Crippen LogP contribution in [0.15, 0.2) is 12.3 Å². The van der Waals surface area contributed by atoms with Gasteiger partial charge >= 0.3 is 5.97 Å². The van der Waals surface area contributed by atoms with Crippen LogP contribution in [0.2, 0.25) is 0 Å². The van der Waals surface area contributed by atoms with Crippen LogP contribution in [0.5, 0.6) is 0 Å². The third kappa shape index (κ3) is 2.88. The summed E-state index contributed by atoms with van der Waals surface area (Å²) in [6.45, 7) is 5.58. The van der Waals surface area contributed by atoms with Gasteiger partial charge in [-0.3, -0.25) is 9.59 Å². The molecule has 0 unspecified atom stereocenters. The number of carboxylic acids is 1. The Hall–Kier alpha value is -2.02. The van der Waals surface area contributed by atoms with E-state index in [4.69, 9.17) is 0 Å². The molecule has 2 aliphatic heterocycles. The molecule has 2 atom stereocenters. The highest BCUT2D eigenvalue weighted by Crippen LogP contribution is 2.38. The van der Waals surface area contributed by atoms with Gasteiger partial charge in [-0.2, -0.15) is 0 Å². The van der Waals surface area contributed by atoms with Crippen LogP contribution in [-0.2, 0) is 4.79 Å². The standard InChI is InChI=1S/C17H24N4O3/c1-11(2)14-19-8-4-12(20-14)15(22)21-9-5-13-17(10-21,16(23)24)6-3-7-18-13/h4,8,11,13,18H,3,5-7,9-10H2,1-2H3,(H,23,24)/t13-,17+/m1/s1. The second kappa shape index (κ2) is 6.47. The summed E-state index contributed by atoms with van der Waals surface area (Å²) in [5.41, 5.74) is -0.545. The number of fused-ring (bicyclic) bond motifs is 1. The first kappa shape index (κ1) is 16.8. The Morgan fingerprint density at radius 1 is 1.46 bits per heavy atom. The minimum absolute atomic E-state index is 0.0653. The van der Waals surface area contributed by atoms with Crippen LogP contribution in [0.1, 0.15) is 55.3 Å². The SMILES string of the molecule is CC(C)c1nccc(C(=O)N2CC[C@H]3NCCC[C@]3(C(=O)O)C2)n1. The minimum Gasteiger partial charge on any atom is -0.481 e. The van der Waals surface area contributed by atoms with Gasteiger partial charge in [-0.1, -0.05) is 13.8 Å². The molecule has 0 aliphatic carbocycles. The molecule has 0 bridgehead atoms. The first-order chi connectivity index (χ1) is 11.4. The molecule has 3 rings (SSSR count). The number of aromatic nitrogens is 2. The maximum absolute atomic E-state index is 12.8. The van der Waals surface area contributed by atoms with E-state index in [0.717, 1.165) is 13.0 Å². The molecule has 1 aromatic rings. The van der Waals surface area contributed by atoms with Gasteiger partial charge in [0.2, 0.25) is 0 Å².